The Balaban J connectivity index is 1.10. The number of hydrogen-bond acceptors (Lipinski definition) is 16. The van der Waals surface area contributed by atoms with Crippen LogP contribution >= 0.6 is 0 Å². The van der Waals surface area contributed by atoms with Gasteiger partial charge in [0, 0.05) is 24.8 Å². The Labute approximate surface area is 312 Å². The lowest BCUT2D eigenvalue weighted by atomic mass is 9.42. The molecule has 8 N–H and O–H groups in total. The molecule has 7 rings (SSSR count). The molecule has 1 aromatic heterocycles. The molecule has 2 aliphatic heterocycles. The number of esters is 1. The molecule has 54 heavy (non-hydrogen) atoms. The first kappa shape index (κ1) is 39.9. The Morgan fingerprint density at radius 2 is 1.59 bits per heavy atom. The number of hydrogen-bond donors (Lipinski definition) is 8. The standard InChI is InChI=1S/C38H54O16/c1-17-32(54-34-30(45)28(43)27(42)24(15-39)53-34)29(44)31(46)33(50-17)52-20-7-10-35(3)22(13-20)23(51-18(2)40)14-37(47)25(35)9-11-36(4)21(8-12-38(36,37)48)19-5-6-26(41)49-16-19/h5-6,13,16-17,20-21,23-25,27-34,39,42-48H,7-12,14-15H2,1-4H3/t17-,20-,21+,23+,24+,25+,27+,28-,29-,30+,31+,32-,33-,34-,35-,36+,37-,38+/m0/s1. The summed E-state index contributed by atoms with van der Waals surface area (Å²) in [5, 5.41) is 88.2. The SMILES string of the molecule is CC(=O)O[C@@H]1C[C@]2(O)[C@H](CC[C@]3(C)[C@@H](c4ccc(=O)oc4)CC[C@@]32O)[C@@]2(C)CC[C@H](O[C@@H]3O[C@@H](C)[C@H](O[C@@H]4O[C@H](CO)[C@@H](O)[C@H](O)[C@H]4O)[C@@H](O)[C@H]3O)C=C12. The maximum absolute atomic E-state index is 12.9. The maximum atomic E-state index is 12.9. The number of aliphatic hydroxyl groups is 8. The molecular formula is C38H54O16. The average molecular weight is 767 g/mol. The molecule has 2 saturated heterocycles. The van der Waals surface area contributed by atoms with Crippen molar-refractivity contribution in [3.05, 3.63) is 46.0 Å². The van der Waals surface area contributed by atoms with E-state index in [2.05, 4.69) is 0 Å². The van der Waals surface area contributed by atoms with Crippen molar-refractivity contribution < 1.29 is 73.7 Å². The van der Waals surface area contributed by atoms with E-state index in [1.165, 1.54) is 19.3 Å². The molecule has 16 nitrogen and oxygen atoms in total. The summed E-state index contributed by atoms with van der Waals surface area (Å²) >= 11 is 0. The molecule has 5 fully saturated rings. The van der Waals surface area contributed by atoms with Gasteiger partial charge >= 0.3 is 11.6 Å². The third-order valence-electron chi connectivity index (χ3n) is 14.0. The molecule has 0 aromatic carbocycles. The Morgan fingerprint density at radius 1 is 0.889 bits per heavy atom. The molecule has 0 bridgehead atoms. The fourth-order valence-corrected chi connectivity index (χ4v) is 11.1. The summed E-state index contributed by atoms with van der Waals surface area (Å²) in [5.74, 6) is -1.15. The van der Waals surface area contributed by atoms with Gasteiger partial charge < -0.3 is 69.0 Å². The van der Waals surface area contributed by atoms with Crippen molar-refractivity contribution in [3.63, 3.8) is 0 Å². The summed E-state index contributed by atoms with van der Waals surface area (Å²) in [6, 6.07) is 3.08. The fourth-order valence-electron chi connectivity index (χ4n) is 11.1. The molecule has 3 heterocycles. The molecule has 18 atom stereocenters. The molecule has 302 valence electrons. The predicted octanol–water partition coefficient (Wildman–Crippen LogP) is -0.505. The molecule has 6 aliphatic rings. The summed E-state index contributed by atoms with van der Waals surface area (Å²) in [4.78, 5) is 24.3. The van der Waals surface area contributed by atoms with Crippen molar-refractivity contribution in [2.24, 2.45) is 16.7 Å². The molecule has 0 unspecified atom stereocenters. The summed E-state index contributed by atoms with van der Waals surface area (Å²) in [6.07, 6.45) is -10.1. The Hall–Kier alpha value is -2.32. The average Bonchev–Trinajstić information content (AvgIpc) is 3.40. The van der Waals surface area contributed by atoms with E-state index >= 15 is 0 Å². The smallest absolute Gasteiger partial charge is 0.335 e. The zero-order chi connectivity index (χ0) is 39.1. The van der Waals surface area contributed by atoms with Gasteiger partial charge in [-0.05, 0) is 79.9 Å². The molecule has 0 radical (unpaired) electrons. The van der Waals surface area contributed by atoms with Gasteiger partial charge in [0.15, 0.2) is 12.6 Å². The van der Waals surface area contributed by atoms with Crippen LogP contribution in [0.25, 0.3) is 0 Å². The number of ether oxygens (including phenoxy) is 5. The van der Waals surface area contributed by atoms with Crippen molar-refractivity contribution in [2.45, 2.75) is 163 Å². The highest BCUT2D eigenvalue weighted by atomic mass is 16.7. The quantitative estimate of drug-likeness (QED) is 0.129. The van der Waals surface area contributed by atoms with Gasteiger partial charge in [0.2, 0.25) is 0 Å². The minimum atomic E-state index is -1.73. The second-order valence-electron chi connectivity index (χ2n) is 16.8. The van der Waals surface area contributed by atoms with E-state index in [9.17, 15) is 50.4 Å². The summed E-state index contributed by atoms with van der Waals surface area (Å²) in [5.41, 5.74) is -3.63. The van der Waals surface area contributed by atoms with Crippen molar-refractivity contribution in [3.8, 4) is 0 Å². The molecule has 16 heteroatoms. The second kappa shape index (κ2) is 14.3. The largest absolute Gasteiger partial charge is 0.458 e. The first-order chi connectivity index (χ1) is 25.4. The van der Waals surface area contributed by atoms with Crippen LogP contribution in [0.15, 0.2) is 39.3 Å². The Morgan fingerprint density at radius 3 is 2.26 bits per heavy atom. The van der Waals surface area contributed by atoms with Crippen molar-refractivity contribution in [1.82, 2.24) is 0 Å². The highest BCUT2D eigenvalue weighted by molar-refractivity contribution is 5.66. The van der Waals surface area contributed by atoms with Gasteiger partial charge in [-0.25, -0.2) is 4.79 Å². The lowest BCUT2D eigenvalue weighted by Gasteiger charge is -2.66. The number of carbonyl (C=O) groups is 1. The summed E-state index contributed by atoms with van der Waals surface area (Å²) in [7, 11) is 0. The maximum Gasteiger partial charge on any atom is 0.335 e. The number of carbonyl (C=O) groups excluding carboxylic acids is 1. The van der Waals surface area contributed by atoms with Crippen LogP contribution in [0.2, 0.25) is 0 Å². The van der Waals surface area contributed by atoms with Crippen molar-refractivity contribution >= 4 is 5.97 Å². The second-order valence-corrected chi connectivity index (χ2v) is 16.8. The van der Waals surface area contributed by atoms with Crippen LogP contribution < -0.4 is 5.63 Å². The van der Waals surface area contributed by atoms with E-state index in [0.717, 1.165) is 11.1 Å². The van der Waals surface area contributed by atoms with E-state index in [0.29, 0.717) is 38.5 Å². The van der Waals surface area contributed by atoms with Crippen LogP contribution in [0, 0.1) is 16.7 Å². The third kappa shape index (κ3) is 6.12. The fraction of sp³-hybridized carbons (Fsp3) is 0.789. The van der Waals surface area contributed by atoms with Gasteiger partial charge in [-0.2, -0.15) is 0 Å². The molecule has 1 aromatic rings. The first-order valence-corrected chi connectivity index (χ1v) is 18.9. The van der Waals surface area contributed by atoms with E-state index in [-0.39, 0.29) is 12.3 Å². The monoisotopic (exact) mass is 766 g/mol. The highest BCUT2D eigenvalue weighted by Gasteiger charge is 2.75. The first-order valence-electron chi connectivity index (χ1n) is 18.9. The predicted molar refractivity (Wildman–Crippen MR) is 183 cm³/mol. The van der Waals surface area contributed by atoms with Gasteiger partial charge in [-0.15, -0.1) is 0 Å². The lowest BCUT2D eigenvalue weighted by molar-refractivity contribution is -0.358. The summed E-state index contributed by atoms with van der Waals surface area (Å²) in [6.45, 7) is 6.17. The van der Waals surface area contributed by atoms with Crippen LogP contribution in [-0.2, 0) is 28.5 Å². The van der Waals surface area contributed by atoms with Gasteiger partial charge in [-0.1, -0.05) is 19.9 Å². The van der Waals surface area contributed by atoms with Gasteiger partial charge in [-0.3, -0.25) is 4.79 Å². The minimum absolute atomic E-state index is 0.0522. The molecule has 0 amide bonds. The zero-order valence-corrected chi connectivity index (χ0v) is 30.9. The van der Waals surface area contributed by atoms with Gasteiger partial charge in [0.1, 0.15) is 54.4 Å². The van der Waals surface area contributed by atoms with Gasteiger partial charge in [0.05, 0.1) is 30.7 Å². The number of fused-ring (bicyclic) bond motifs is 5. The number of aliphatic hydroxyl groups excluding tert-OH is 6. The Kier molecular flexibility index (Phi) is 10.5. The molecule has 3 saturated carbocycles. The van der Waals surface area contributed by atoms with E-state index in [1.807, 2.05) is 19.9 Å². The van der Waals surface area contributed by atoms with Crippen molar-refractivity contribution in [1.29, 1.82) is 0 Å². The van der Waals surface area contributed by atoms with Crippen LogP contribution in [0.3, 0.4) is 0 Å². The van der Waals surface area contributed by atoms with Crippen LogP contribution in [0.5, 0.6) is 0 Å². The lowest BCUT2D eigenvalue weighted by Crippen LogP contribution is -2.73. The van der Waals surface area contributed by atoms with E-state index < -0.39 is 120 Å². The Bertz CT molecular complexity index is 1630. The zero-order valence-electron chi connectivity index (χ0n) is 30.9. The van der Waals surface area contributed by atoms with Crippen LogP contribution in [-0.4, -0.2) is 138 Å². The van der Waals surface area contributed by atoms with Crippen LogP contribution in [0.1, 0.15) is 84.1 Å². The minimum Gasteiger partial charge on any atom is -0.458 e. The van der Waals surface area contributed by atoms with E-state index in [1.54, 1.807) is 13.0 Å². The highest BCUT2D eigenvalue weighted by Crippen LogP contribution is 2.71. The topological polar surface area (TPSA) is 255 Å². The van der Waals surface area contributed by atoms with E-state index in [4.69, 9.17) is 28.1 Å². The van der Waals surface area contributed by atoms with Crippen molar-refractivity contribution in [2.75, 3.05) is 6.61 Å². The third-order valence-corrected chi connectivity index (χ3v) is 14.0. The molecular weight excluding hydrogens is 712 g/mol. The summed E-state index contributed by atoms with van der Waals surface area (Å²) < 4.78 is 34.5. The normalized spacial score (nSPS) is 50.3. The number of rotatable bonds is 7. The molecule has 0 spiro atoms. The van der Waals surface area contributed by atoms with Gasteiger partial charge in [0.25, 0.3) is 0 Å². The molecule has 4 aliphatic carbocycles. The van der Waals surface area contributed by atoms with Crippen LogP contribution in [0.4, 0.5) is 0 Å².